The van der Waals surface area contributed by atoms with Crippen molar-refractivity contribution in [1.29, 1.82) is 10.8 Å². The van der Waals surface area contributed by atoms with Gasteiger partial charge in [0.1, 0.15) is 11.3 Å². The second-order valence-electron chi connectivity index (χ2n) is 6.55. The van der Waals surface area contributed by atoms with Crippen molar-refractivity contribution in [2.75, 3.05) is 6.61 Å². The van der Waals surface area contributed by atoms with E-state index in [1.54, 1.807) is 12.4 Å². The van der Waals surface area contributed by atoms with Gasteiger partial charge in [0.2, 0.25) is 0 Å². The normalized spacial score (nSPS) is 10.6. The maximum absolute atomic E-state index is 12.1. The van der Waals surface area contributed by atoms with Gasteiger partial charge < -0.3 is 4.74 Å². The molecular formula is C21H21BrN6O2. The Morgan fingerprint density at radius 3 is 2.70 bits per heavy atom. The fourth-order valence-corrected chi connectivity index (χ4v) is 2.88. The van der Waals surface area contributed by atoms with Gasteiger partial charge in [0.05, 0.1) is 11.1 Å². The van der Waals surface area contributed by atoms with Crippen LogP contribution in [0.15, 0.2) is 53.3 Å². The van der Waals surface area contributed by atoms with Crippen LogP contribution in [0.3, 0.4) is 0 Å². The summed E-state index contributed by atoms with van der Waals surface area (Å²) >= 11 is 3.32. The number of benzene rings is 1. The number of aromatic nitrogens is 4. The molecule has 0 aliphatic carbocycles. The van der Waals surface area contributed by atoms with E-state index >= 15 is 0 Å². The van der Waals surface area contributed by atoms with Gasteiger partial charge in [0.15, 0.2) is 11.5 Å². The molecule has 9 heteroatoms. The average molecular weight is 469 g/mol. The Bertz CT molecular complexity index is 1110. The van der Waals surface area contributed by atoms with E-state index in [9.17, 15) is 4.79 Å². The summed E-state index contributed by atoms with van der Waals surface area (Å²) in [5, 5.41) is 20.6. The summed E-state index contributed by atoms with van der Waals surface area (Å²) in [5.41, 5.74) is 1.75. The van der Waals surface area contributed by atoms with Gasteiger partial charge in [0.25, 0.3) is 0 Å². The summed E-state index contributed by atoms with van der Waals surface area (Å²) in [6.07, 6.45) is 5.27. The first kappa shape index (κ1) is 21.5. The molecule has 2 heterocycles. The minimum atomic E-state index is -0.556. The Morgan fingerprint density at radius 1 is 1.20 bits per heavy atom. The molecule has 0 unspecified atom stereocenters. The number of rotatable bonds is 7. The SMILES string of the molecule is CCCCOC(=O)c1ccc(=N)n(C(=N)Cc2cccc(-c3ncc(Br)cn3)c2)n1. The lowest BCUT2D eigenvalue weighted by atomic mass is 10.1. The Labute approximate surface area is 182 Å². The summed E-state index contributed by atoms with van der Waals surface area (Å²) < 4.78 is 7.10. The number of nitrogens with zero attached hydrogens (tertiary/aromatic N) is 4. The van der Waals surface area contributed by atoms with Gasteiger partial charge in [-0.05, 0) is 46.1 Å². The number of unbranched alkanes of at least 4 members (excludes halogenated alkanes) is 1. The van der Waals surface area contributed by atoms with Gasteiger partial charge in [-0.1, -0.05) is 31.5 Å². The highest BCUT2D eigenvalue weighted by Gasteiger charge is 2.13. The van der Waals surface area contributed by atoms with Gasteiger partial charge >= 0.3 is 5.97 Å². The second kappa shape index (κ2) is 10.0. The van der Waals surface area contributed by atoms with Crippen molar-refractivity contribution in [3.05, 3.63) is 70.0 Å². The van der Waals surface area contributed by atoms with Crippen molar-refractivity contribution in [3.8, 4) is 11.4 Å². The van der Waals surface area contributed by atoms with Crippen molar-refractivity contribution in [1.82, 2.24) is 19.7 Å². The first-order valence-electron chi connectivity index (χ1n) is 9.44. The molecule has 0 atom stereocenters. The molecule has 0 aliphatic rings. The number of ether oxygens (including phenoxy) is 1. The highest BCUT2D eigenvalue weighted by molar-refractivity contribution is 9.10. The fraction of sp³-hybridized carbons (Fsp3) is 0.238. The maximum atomic E-state index is 12.1. The van der Waals surface area contributed by atoms with E-state index in [0.717, 1.165) is 33.1 Å². The molecule has 0 aliphatic heterocycles. The highest BCUT2D eigenvalue weighted by Crippen LogP contribution is 2.18. The minimum absolute atomic E-state index is 0.0116. The van der Waals surface area contributed by atoms with Crippen LogP contribution in [0.2, 0.25) is 0 Å². The van der Waals surface area contributed by atoms with E-state index in [1.807, 2.05) is 31.2 Å². The van der Waals surface area contributed by atoms with Gasteiger partial charge in [-0.25, -0.2) is 19.4 Å². The lowest BCUT2D eigenvalue weighted by Crippen LogP contribution is -2.31. The molecule has 0 spiro atoms. The van der Waals surface area contributed by atoms with Crippen molar-refractivity contribution in [3.63, 3.8) is 0 Å². The fourth-order valence-electron chi connectivity index (χ4n) is 2.67. The van der Waals surface area contributed by atoms with Crippen LogP contribution in [0, 0.1) is 10.8 Å². The summed E-state index contributed by atoms with van der Waals surface area (Å²) in [5.74, 6) is 0.0897. The van der Waals surface area contributed by atoms with Gasteiger partial charge in [0, 0.05) is 24.4 Å². The van der Waals surface area contributed by atoms with Crippen molar-refractivity contribution in [2.45, 2.75) is 26.2 Å². The Kier molecular flexibility index (Phi) is 7.18. The number of hydrogen-bond acceptors (Lipinski definition) is 7. The van der Waals surface area contributed by atoms with Crippen molar-refractivity contribution >= 4 is 27.7 Å². The number of hydrogen-bond donors (Lipinski definition) is 2. The van der Waals surface area contributed by atoms with Crippen LogP contribution in [0.4, 0.5) is 0 Å². The standard InChI is InChI=1S/C21H21BrN6O2/c1-2-3-9-30-21(29)17-7-8-18(23)28(27-17)19(24)11-14-5-4-6-15(10-14)20-25-12-16(22)13-26-20/h4-8,10,12-13,23-24H,2-3,9,11H2,1H3. The van der Waals surface area contributed by atoms with E-state index in [2.05, 4.69) is 31.0 Å². The summed E-state index contributed by atoms with van der Waals surface area (Å²) in [6, 6.07) is 10.4. The second-order valence-corrected chi connectivity index (χ2v) is 7.47. The molecule has 0 saturated carbocycles. The van der Waals surface area contributed by atoms with E-state index in [0.29, 0.717) is 12.4 Å². The van der Waals surface area contributed by atoms with Crippen LogP contribution < -0.4 is 5.49 Å². The quantitative estimate of drug-likeness (QED) is 0.237. The minimum Gasteiger partial charge on any atom is -0.461 e. The van der Waals surface area contributed by atoms with E-state index in [4.69, 9.17) is 15.6 Å². The molecule has 154 valence electrons. The predicted octanol–water partition coefficient (Wildman–Crippen LogP) is 3.61. The Hall–Kier alpha value is -3.20. The zero-order chi connectivity index (χ0) is 21.5. The zero-order valence-corrected chi connectivity index (χ0v) is 18.0. The lowest BCUT2D eigenvalue weighted by molar-refractivity contribution is 0.0490. The molecule has 0 fully saturated rings. The van der Waals surface area contributed by atoms with Crippen LogP contribution in [-0.2, 0) is 11.2 Å². The van der Waals surface area contributed by atoms with Crippen LogP contribution >= 0.6 is 15.9 Å². The predicted molar refractivity (Wildman–Crippen MR) is 115 cm³/mol. The third-order valence-corrected chi connectivity index (χ3v) is 4.62. The van der Waals surface area contributed by atoms with Crippen molar-refractivity contribution in [2.24, 2.45) is 0 Å². The molecule has 0 amide bonds. The molecule has 2 aromatic heterocycles. The highest BCUT2D eigenvalue weighted by atomic mass is 79.9. The Balaban J connectivity index is 1.78. The average Bonchev–Trinajstić information content (AvgIpc) is 2.75. The summed E-state index contributed by atoms with van der Waals surface area (Å²) in [6.45, 7) is 2.33. The molecule has 30 heavy (non-hydrogen) atoms. The largest absolute Gasteiger partial charge is 0.461 e. The van der Waals surface area contributed by atoms with Gasteiger partial charge in [-0.2, -0.15) is 5.10 Å². The molecule has 2 N–H and O–H groups in total. The molecule has 8 nitrogen and oxygen atoms in total. The summed E-state index contributed by atoms with van der Waals surface area (Å²) in [7, 11) is 0. The number of carbonyl (C=O) groups excluding carboxylic acids is 1. The number of halogens is 1. The third kappa shape index (κ3) is 5.44. The molecule has 3 rings (SSSR count). The number of carbonyl (C=O) groups is 1. The third-order valence-electron chi connectivity index (χ3n) is 4.21. The smallest absolute Gasteiger partial charge is 0.358 e. The molecule has 3 aromatic rings. The topological polar surface area (TPSA) is 118 Å². The van der Waals surface area contributed by atoms with Gasteiger partial charge in [-0.3, -0.25) is 10.8 Å². The van der Waals surface area contributed by atoms with Gasteiger partial charge in [-0.15, -0.1) is 0 Å². The monoisotopic (exact) mass is 468 g/mol. The molecule has 0 bridgehead atoms. The molecule has 0 saturated heterocycles. The summed E-state index contributed by atoms with van der Waals surface area (Å²) in [4.78, 5) is 20.7. The Morgan fingerprint density at radius 2 is 1.97 bits per heavy atom. The van der Waals surface area contributed by atoms with Crippen LogP contribution in [-0.4, -0.2) is 38.2 Å². The van der Waals surface area contributed by atoms with E-state index < -0.39 is 5.97 Å². The van der Waals surface area contributed by atoms with Crippen molar-refractivity contribution < 1.29 is 9.53 Å². The first-order valence-corrected chi connectivity index (χ1v) is 10.2. The lowest BCUT2D eigenvalue weighted by Gasteiger charge is -2.10. The molecular weight excluding hydrogens is 448 g/mol. The zero-order valence-electron chi connectivity index (χ0n) is 16.4. The molecule has 0 radical (unpaired) electrons. The maximum Gasteiger partial charge on any atom is 0.358 e. The van der Waals surface area contributed by atoms with E-state index in [-0.39, 0.29) is 23.4 Å². The van der Waals surface area contributed by atoms with Crippen LogP contribution in [0.25, 0.3) is 11.4 Å². The number of esters is 1. The number of nitrogens with one attached hydrogen (secondary N) is 2. The molecule has 1 aromatic carbocycles. The first-order chi connectivity index (χ1) is 14.5. The van der Waals surface area contributed by atoms with E-state index in [1.165, 1.54) is 12.1 Å². The van der Waals surface area contributed by atoms with Crippen LogP contribution in [0.1, 0.15) is 35.8 Å². The van der Waals surface area contributed by atoms with Crippen LogP contribution in [0.5, 0.6) is 0 Å².